The number of hydrogen-bond acceptors (Lipinski definition) is 2. The number of hydrogen-bond donors (Lipinski definition) is 0. The molecule has 0 aliphatic carbocycles. The first-order valence-electron chi connectivity index (χ1n) is 7.03. The van der Waals surface area contributed by atoms with Crippen molar-refractivity contribution in [3.05, 3.63) is 28.8 Å². The number of anilines is 1. The van der Waals surface area contributed by atoms with Gasteiger partial charge in [0, 0.05) is 24.5 Å². The van der Waals surface area contributed by atoms with E-state index in [1.165, 1.54) is 17.7 Å². The van der Waals surface area contributed by atoms with E-state index in [1.807, 2.05) is 0 Å². The first kappa shape index (κ1) is 15.1. The maximum absolute atomic E-state index is 6.41. The van der Waals surface area contributed by atoms with Gasteiger partial charge in [-0.15, -0.1) is 0 Å². The summed E-state index contributed by atoms with van der Waals surface area (Å²) in [4.78, 5) is 4.96. The standard InChI is InChI=1S/C15H22BrClN2/c1-3-18(4-2)13-7-8-19(11-13)15-6-5-12(10-16)9-14(15)17/h5-6,9,13H,3-4,7-8,10-11H2,1-2H3. The van der Waals surface area contributed by atoms with Crippen molar-refractivity contribution in [1.29, 1.82) is 0 Å². The van der Waals surface area contributed by atoms with Crippen LogP contribution in [0.15, 0.2) is 18.2 Å². The fourth-order valence-electron chi connectivity index (χ4n) is 2.89. The lowest BCUT2D eigenvalue weighted by Gasteiger charge is -2.27. The van der Waals surface area contributed by atoms with E-state index in [0.717, 1.165) is 36.5 Å². The molecule has 2 nitrogen and oxygen atoms in total. The summed E-state index contributed by atoms with van der Waals surface area (Å²) in [6.45, 7) is 8.94. The molecule has 0 N–H and O–H groups in total. The first-order chi connectivity index (χ1) is 9.19. The van der Waals surface area contributed by atoms with Crippen LogP contribution in [0.3, 0.4) is 0 Å². The van der Waals surface area contributed by atoms with Crippen LogP contribution in [0, 0.1) is 0 Å². The van der Waals surface area contributed by atoms with Crippen LogP contribution in [0.1, 0.15) is 25.8 Å². The summed E-state index contributed by atoms with van der Waals surface area (Å²) in [6, 6.07) is 7.04. The van der Waals surface area contributed by atoms with Gasteiger partial charge in [-0.3, -0.25) is 4.90 Å². The number of rotatable bonds is 5. The summed E-state index contributed by atoms with van der Waals surface area (Å²) < 4.78 is 0. The second-order valence-electron chi connectivity index (χ2n) is 5.03. The summed E-state index contributed by atoms with van der Waals surface area (Å²) >= 11 is 9.88. The van der Waals surface area contributed by atoms with Gasteiger partial charge < -0.3 is 4.90 Å². The van der Waals surface area contributed by atoms with Crippen molar-refractivity contribution >= 4 is 33.2 Å². The van der Waals surface area contributed by atoms with E-state index in [1.54, 1.807) is 0 Å². The van der Waals surface area contributed by atoms with Gasteiger partial charge in [-0.25, -0.2) is 0 Å². The van der Waals surface area contributed by atoms with E-state index < -0.39 is 0 Å². The van der Waals surface area contributed by atoms with E-state index in [9.17, 15) is 0 Å². The molecular weight excluding hydrogens is 324 g/mol. The molecule has 0 bridgehead atoms. The Labute approximate surface area is 129 Å². The molecule has 1 saturated heterocycles. The maximum atomic E-state index is 6.41. The largest absolute Gasteiger partial charge is 0.369 e. The molecule has 0 spiro atoms. The van der Waals surface area contributed by atoms with Crippen molar-refractivity contribution in [3.63, 3.8) is 0 Å². The Kier molecular flexibility index (Phi) is 5.55. The minimum Gasteiger partial charge on any atom is -0.369 e. The van der Waals surface area contributed by atoms with Crippen LogP contribution in [-0.2, 0) is 5.33 Å². The summed E-state index contributed by atoms with van der Waals surface area (Å²) in [7, 11) is 0. The predicted octanol–water partition coefficient (Wildman–Crippen LogP) is 4.16. The van der Waals surface area contributed by atoms with Gasteiger partial charge in [0.15, 0.2) is 0 Å². The molecule has 1 heterocycles. The molecule has 1 unspecified atom stereocenters. The summed E-state index contributed by atoms with van der Waals surface area (Å²) in [6.07, 6.45) is 1.23. The molecule has 0 amide bonds. The Morgan fingerprint density at radius 2 is 2.11 bits per heavy atom. The van der Waals surface area contributed by atoms with Gasteiger partial charge in [-0.2, -0.15) is 0 Å². The van der Waals surface area contributed by atoms with E-state index in [4.69, 9.17) is 11.6 Å². The zero-order chi connectivity index (χ0) is 13.8. The molecule has 106 valence electrons. The van der Waals surface area contributed by atoms with E-state index in [-0.39, 0.29) is 0 Å². The van der Waals surface area contributed by atoms with Gasteiger partial charge in [-0.05, 0) is 37.2 Å². The van der Waals surface area contributed by atoms with E-state index >= 15 is 0 Å². The lowest BCUT2D eigenvalue weighted by molar-refractivity contribution is 0.232. The average Bonchev–Trinajstić information content (AvgIpc) is 2.89. The van der Waals surface area contributed by atoms with Crippen molar-refractivity contribution in [3.8, 4) is 0 Å². The van der Waals surface area contributed by atoms with Crippen molar-refractivity contribution in [2.75, 3.05) is 31.1 Å². The Hall–Kier alpha value is -0.250. The normalized spacial score (nSPS) is 19.4. The topological polar surface area (TPSA) is 6.48 Å². The lowest BCUT2D eigenvalue weighted by atomic mass is 10.2. The molecule has 0 saturated carbocycles. The molecule has 0 aromatic heterocycles. The average molecular weight is 346 g/mol. The van der Waals surface area contributed by atoms with Gasteiger partial charge in [0.05, 0.1) is 10.7 Å². The molecular formula is C15H22BrClN2. The predicted molar refractivity (Wildman–Crippen MR) is 87.6 cm³/mol. The molecule has 1 fully saturated rings. The lowest BCUT2D eigenvalue weighted by Crippen LogP contribution is -2.37. The van der Waals surface area contributed by atoms with Crippen molar-refractivity contribution in [2.24, 2.45) is 0 Å². The van der Waals surface area contributed by atoms with E-state index in [2.05, 4.69) is 57.8 Å². The number of likely N-dealkylation sites (N-methyl/N-ethyl adjacent to an activating group) is 1. The highest BCUT2D eigenvalue weighted by Gasteiger charge is 2.27. The smallest absolute Gasteiger partial charge is 0.0642 e. The quantitative estimate of drug-likeness (QED) is 0.740. The highest BCUT2D eigenvalue weighted by atomic mass is 79.9. The minimum absolute atomic E-state index is 0.668. The molecule has 4 heteroatoms. The van der Waals surface area contributed by atoms with Gasteiger partial charge in [-0.1, -0.05) is 47.4 Å². The molecule has 1 aliphatic rings. The Bertz CT molecular complexity index is 421. The van der Waals surface area contributed by atoms with Crippen molar-refractivity contribution < 1.29 is 0 Å². The van der Waals surface area contributed by atoms with Crippen LogP contribution in [0.5, 0.6) is 0 Å². The zero-order valence-corrected chi connectivity index (χ0v) is 14.0. The first-order valence-corrected chi connectivity index (χ1v) is 8.52. The molecule has 1 aromatic carbocycles. The highest BCUT2D eigenvalue weighted by molar-refractivity contribution is 9.08. The van der Waals surface area contributed by atoms with Gasteiger partial charge in [0.1, 0.15) is 0 Å². The van der Waals surface area contributed by atoms with Crippen molar-refractivity contribution in [1.82, 2.24) is 4.90 Å². The van der Waals surface area contributed by atoms with Gasteiger partial charge in [0.25, 0.3) is 0 Å². The van der Waals surface area contributed by atoms with Crippen LogP contribution in [0.4, 0.5) is 5.69 Å². The maximum Gasteiger partial charge on any atom is 0.0642 e. The molecule has 1 aromatic rings. The van der Waals surface area contributed by atoms with Gasteiger partial charge >= 0.3 is 0 Å². The monoisotopic (exact) mass is 344 g/mol. The van der Waals surface area contributed by atoms with E-state index in [0.29, 0.717) is 6.04 Å². The van der Waals surface area contributed by atoms with Crippen LogP contribution >= 0.6 is 27.5 Å². The Morgan fingerprint density at radius 1 is 1.37 bits per heavy atom. The molecule has 1 atom stereocenters. The highest BCUT2D eigenvalue weighted by Crippen LogP contribution is 2.31. The summed E-state index contributed by atoms with van der Waals surface area (Å²) in [5.74, 6) is 0. The third-order valence-corrected chi connectivity index (χ3v) is 4.95. The van der Waals surface area contributed by atoms with Crippen LogP contribution < -0.4 is 4.90 Å². The Balaban J connectivity index is 2.08. The minimum atomic E-state index is 0.668. The third-order valence-electron chi connectivity index (χ3n) is 4.00. The second kappa shape index (κ2) is 6.96. The second-order valence-corrected chi connectivity index (χ2v) is 6.00. The molecule has 2 rings (SSSR count). The number of nitrogens with zero attached hydrogens (tertiary/aromatic N) is 2. The Morgan fingerprint density at radius 3 is 2.68 bits per heavy atom. The summed E-state index contributed by atoms with van der Waals surface area (Å²) in [5, 5.41) is 1.73. The number of benzene rings is 1. The number of alkyl halides is 1. The summed E-state index contributed by atoms with van der Waals surface area (Å²) in [5.41, 5.74) is 2.41. The zero-order valence-electron chi connectivity index (χ0n) is 11.7. The molecule has 0 radical (unpaired) electrons. The van der Waals surface area contributed by atoms with Crippen LogP contribution in [-0.4, -0.2) is 37.1 Å². The van der Waals surface area contributed by atoms with Crippen LogP contribution in [0.2, 0.25) is 5.02 Å². The third kappa shape index (κ3) is 3.45. The molecule has 1 aliphatic heterocycles. The van der Waals surface area contributed by atoms with Gasteiger partial charge in [0.2, 0.25) is 0 Å². The van der Waals surface area contributed by atoms with Crippen LogP contribution in [0.25, 0.3) is 0 Å². The fraction of sp³-hybridized carbons (Fsp3) is 0.600. The molecule has 19 heavy (non-hydrogen) atoms. The van der Waals surface area contributed by atoms with Crippen molar-refractivity contribution in [2.45, 2.75) is 31.6 Å². The fourth-order valence-corrected chi connectivity index (χ4v) is 3.56. The number of halogens is 2. The SMILES string of the molecule is CCN(CC)C1CCN(c2ccc(CBr)cc2Cl)C1.